The second-order valence-electron chi connectivity index (χ2n) is 6.18. The average Bonchev–Trinajstić information content (AvgIpc) is 3.34. The van der Waals surface area contributed by atoms with E-state index in [0.29, 0.717) is 6.42 Å². The molecule has 1 aromatic rings. The highest BCUT2D eigenvalue weighted by Gasteiger charge is 2.55. The molecule has 0 bridgehead atoms. The van der Waals surface area contributed by atoms with E-state index in [4.69, 9.17) is 0 Å². The van der Waals surface area contributed by atoms with E-state index >= 15 is 0 Å². The highest BCUT2D eigenvalue weighted by Crippen LogP contribution is 2.48. The summed E-state index contributed by atoms with van der Waals surface area (Å²) < 4.78 is 0. The second kappa shape index (κ2) is 5.51. The Morgan fingerprint density at radius 1 is 1.19 bits per heavy atom. The molecule has 21 heavy (non-hydrogen) atoms. The first-order valence-electron chi connectivity index (χ1n) is 7.72. The maximum Gasteiger partial charge on any atom is 0.330 e. The van der Waals surface area contributed by atoms with Crippen molar-refractivity contribution < 1.29 is 14.7 Å². The molecular weight excluding hydrogens is 266 g/mol. The minimum absolute atomic E-state index is 0.114. The van der Waals surface area contributed by atoms with Crippen LogP contribution in [0.5, 0.6) is 0 Å². The summed E-state index contributed by atoms with van der Waals surface area (Å²) >= 11 is 0. The fraction of sp³-hybridized carbons (Fsp3) is 0.529. The molecule has 2 atom stereocenters. The Morgan fingerprint density at radius 3 is 2.48 bits per heavy atom. The first kappa shape index (κ1) is 14.1. The standard InChI is InChI=1S/C17H21NO3/c19-12-18(14-9-10-14)17(16(20)21)11-5-4-8-15(17)13-6-2-1-3-7-13/h1-3,6-7,12,14-15H,4-5,8-11H2,(H,20,21). The third kappa shape index (κ3) is 2.33. The first-order chi connectivity index (χ1) is 10.2. The Hall–Kier alpha value is -1.84. The number of aliphatic carboxylic acids is 1. The van der Waals surface area contributed by atoms with Gasteiger partial charge in [-0.1, -0.05) is 43.2 Å². The van der Waals surface area contributed by atoms with Crippen LogP contribution in [0.1, 0.15) is 50.0 Å². The molecule has 0 aliphatic heterocycles. The van der Waals surface area contributed by atoms with Gasteiger partial charge in [0.1, 0.15) is 5.54 Å². The van der Waals surface area contributed by atoms with Crippen LogP contribution >= 0.6 is 0 Å². The van der Waals surface area contributed by atoms with Crippen LogP contribution in [0.2, 0.25) is 0 Å². The van der Waals surface area contributed by atoms with E-state index in [9.17, 15) is 14.7 Å². The van der Waals surface area contributed by atoms with Crippen LogP contribution in [-0.4, -0.2) is 34.0 Å². The Labute approximate surface area is 124 Å². The first-order valence-corrected chi connectivity index (χ1v) is 7.72. The lowest BCUT2D eigenvalue weighted by atomic mass is 9.68. The van der Waals surface area contributed by atoms with E-state index in [-0.39, 0.29) is 12.0 Å². The Kier molecular flexibility index (Phi) is 3.70. The molecule has 0 saturated heterocycles. The number of carboxylic acid groups (broad SMARTS) is 1. The fourth-order valence-corrected chi connectivity index (χ4v) is 3.82. The molecule has 0 radical (unpaired) electrons. The summed E-state index contributed by atoms with van der Waals surface area (Å²) in [5.41, 5.74) is -0.0326. The van der Waals surface area contributed by atoms with Crippen LogP contribution in [0.4, 0.5) is 0 Å². The average molecular weight is 287 g/mol. The van der Waals surface area contributed by atoms with Gasteiger partial charge in [0.15, 0.2) is 0 Å². The predicted molar refractivity (Wildman–Crippen MR) is 78.9 cm³/mol. The molecule has 4 nitrogen and oxygen atoms in total. The molecular formula is C17H21NO3. The fourth-order valence-electron chi connectivity index (χ4n) is 3.82. The highest BCUT2D eigenvalue weighted by atomic mass is 16.4. The van der Waals surface area contributed by atoms with Crippen LogP contribution in [0.3, 0.4) is 0 Å². The molecule has 2 fully saturated rings. The van der Waals surface area contributed by atoms with Gasteiger partial charge in [0.2, 0.25) is 6.41 Å². The number of carbonyl (C=O) groups excluding carboxylic acids is 1. The van der Waals surface area contributed by atoms with Crippen LogP contribution in [0.25, 0.3) is 0 Å². The van der Waals surface area contributed by atoms with Gasteiger partial charge in [-0.25, -0.2) is 4.79 Å². The molecule has 4 heteroatoms. The molecule has 0 spiro atoms. The molecule has 1 N–H and O–H groups in total. The zero-order valence-electron chi connectivity index (χ0n) is 12.1. The van der Waals surface area contributed by atoms with E-state index in [1.807, 2.05) is 30.3 Å². The summed E-state index contributed by atoms with van der Waals surface area (Å²) in [5, 5.41) is 10.00. The number of nitrogens with zero attached hydrogens (tertiary/aromatic N) is 1. The lowest BCUT2D eigenvalue weighted by Gasteiger charge is -2.47. The van der Waals surface area contributed by atoms with Gasteiger partial charge in [-0.15, -0.1) is 0 Å². The third-order valence-corrected chi connectivity index (χ3v) is 4.96. The molecule has 3 rings (SSSR count). The van der Waals surface area contributed by atoms with Crippen molar-refractivity contribution in [2.24, 2.45) is 0 Å². The van der Waals surface area contributed by atoms with Gasteiger partial charge in [0.25, 0.3) is 0 Å². The minimum Gasteiger partial charge on any atom is -0.479 e. The molecule has 2 aliphatic carbocycles. The van der Waals surface area contributed by atoms with Gasteiger partial charge >= 0.3 is 5.97 Å². The lowest BCUT2D eigenvalue weighted by molar-refractivity contribution is -0.160. The predicted octanol–water partition coefficient (Wildman–Crippen LogP) is 2.79. The molecule has 2 unspecified atom stereocenters. The van der Waals surface area contributed by atoms with Gasteiger partial charge < -0.3 is 10.0 Å². The number of hydrogen-bond acceptors (Lipinski definition) is 2. The molecule has 2 aliphatic rings. The van der Waals surface area contributed by atoms with Crippen LogP contribution in [-0.2, 0) is 9.59 Å². The van der Waals surface area contributed by atoms with Gasteiger partial charge in [-0.3, -0.25) is 4.79 Å². The largest absolute Gasteiger partial charge is 0.479 e. The van der Waals surface area contributed by atoms with Crippen molar-refractivity contribution in [1.29, 1.82) is 0 Å². The maximum absolute atomic E-state index is 12.2. The Morgan fingerprint density at radius 2 is 1.90 bits per heavy atom. The monoisotopic (exact) mass is 287 g/mol. The van der Waals surface area contributed by atoms with Crippen LogP contribution in [0.15, 0.2) is 30.3 Å². The maximum atomic E-state index is 12.2. The van der Waals surface area contributed by atoms with Crippen LogP contribution < -0.4 is 0 Å². The van der Waals surface area contributed by atoms with Gasteiger partial charge in [0, 0.05) is 12.0 Å². The SMILES string of the molecule is O=CN(C1CC1)C1(C(=O)O)CCCCC1c1ccccc1. The Bertz CT molecular complexity index is 526. The van der Waals surface area contributed by atoms with Crippen molar-refractivity contribution in [3.05, 3.63) is 35.9 Å². The van der Waals surface area contributed by atoms with Crippen molar-refractivity contribution in [2.75, 3.05) is 0 Å². The van der Waals surface area contributed by atoms with E-state index in [2.05, 4.69) is 0 Å². The number of benzene rings is 1. The third-order valence-electron chi connectivity index (χ3n) is 4.96. The normalized spacial score (nSPS) is 28.9. The summed E-state index contributed by atoms with van der Waals surface area (Å²) in [4.78, 5) is 25.4. The zero-order chi connectivity index (χ0) is 14.9. The van der Waals surface area contributed by atoms with E-state index in [0.717, 1.165) is 44.1 Å². The number of rotatable bonds is 5. The second-order valence-corrected chi connectivity index (χ2v) is 6.18. The van der Waals surface area contributed by atoms with Gasteiger partial charge in [-0.2, -0.15) is 0 Å². The Balaban J connectivity index is 2.06. The van der Waals surface area contributed by atoms with Gasteiger partial charge in [-0.05, 0) is 31.2 Å². The van der Waals surface area contributed by atoms with E-state index in [1.165, 1.54) is 0 Å². The number of hydrogen-bond donors (Lipinski definition) is 1. The number of carboxylic acids is 1. The number of amides is 1. The quantitative estimate of drug-likeness (QED) is 0.847. The summed E-state index contributed by atoms with van der Waals surface area (Å²) in [7, 11) is 0. The molecule has 1 amide bonds. The van der Waals surface area contributed by atoms with Crippen molar-refractivity contribution in [3.8, 4) is 0 Å². The van der Waals surface area contributed by atoms with Crippen molar-refractivity contribution in [2.45, 2.75) is 56.0 Å². The molecule has 112 valence electrons. The number of carbonyl (C=O) groups is 2. The van der Waals surface area contributed by atoms with E-state index < -0.39 is 11.5 Å². The summed E-state index contributed by atoms with van der Waals surface area (Å²) in [6.45, 7) is 0. The molecule has 0 aromatic heterocycles. The highest BCUT2D eigenvalue weighted by molar-refractivity contribution is 5.83. The topological polar surface area (TPSA) is 57.6 Å². The smallest absolute Gasteiger partial charge is 0.330 e. The zero-order valence-corrected chi connectivity index (χ0v) is 12.1. The lowest BCUT2D eigenvalue weighted by Crippen LogP contribution is -2.60. The van der Waals surface area contributed by atoms with Crippen molar-refractivity contribution >= 4 is 12.4 Å². The minimum atomic E-state index is -1.07. The summed E-state index contributed by atoms with van der Waals surface area (Å²) in [5.74, 6) is -0.967. The van der Waals surface area contributed by atoms with E-state index in [1.54, 1.807) is 4.90 Å². The van der Waals surface area contributed by atoms with Crippen molar-refractivity contribution in [1.82, 2.24) is 4.90 Å². The molecule has 2 saturated carbocycles. The summed E-state index contributed by atoms with van der Waals surface area (Å²) in [6.07, 6.45) is 5.89. The summed E-state index contributed by atoms with van der Waals surface area (Å²) in [6, 6.07) is 9.92. The van der Waals surface area contributed by atoms with Gasteiger partial charge in [0.05, 0.1) is 0 Å². The molecule has 0 heterocycles. The van der Waals surface area contributed by atoms with Crippen molar-refractivity contribution in [3.63, 3.8) is 0 Å². The van der Waals surface area contributed by atoms with Crippen LogP contribution in [0, 0.1) is 0 Å². The molecule has 1 aromatic carbocycles.